The standard InChI is InChI=1S/C23H17N5O/c24-13-19-22(27-28(23(19)25)17-11-18(29)12-17)16-7-6-15-8-9-20(26-21(15)10-16)14-4-2-1-3-5-14/h1-10,17H,11-12,25H2. The molecule has 0 unspecified atom stereocenters. The van der Waals surface area contributed by atoms with Crippen molar-refractivity contribution in [1.82, 2.24) is 14.8 Å². The fourth-order valence-corrected chi connectivity index (χ4v) is 3.71. The molecule has 0 spiro atoms. The largest absolute Gasteiger partial charge is 0.383 e. The molecule has 0 radical (unpaired) electrons. The molecule has 6 nitrogen and oxygen atoms in total. The van der Waals surface area contributed by atoms with Crippen molar-refractivity contribution in [2.75, 3.05) is 5.73 Å². The summed E-state index contributed by atoms with van der Waals surface area (Å²) < 4.78 is 1.62. The van der Waals surface area contributed by atoms with Crippen molar-refractivity contribution in [2.45, 2.75) is 18.9 Å². The number of fused-ring (bicyclic) bond motifs is 1. The fraction of sp³-hybridized carbons (Fsp3) is 0.130. The van der Waals surface area contributed by atoms with E-state index in [-0.39, 0.29) is 11.8 Å². The number of carbonyl (C=O) groups excluding carboxylic acids is 1. The zero-order valence-corrected chi connectivity index (χ0v) is 15.5. The van der Waals surface area contributed by atoms with E-state index in [0.29, 0.717) is 29.9 Å². The summed E-state index contributed by atoms with van der Waals surface area (Å²) in [5.74, 6) is 0.499. The number of aromatic nitrogens is 3. The average molecular weight is 379 g/mol. The van der Waals surface area contributed by atoms with Gasteiger partial charge >= 0.3 is 0 Å². The van der Waals surface area contributed by atoms with Crippen molar-refractivity contribution in [3.63, 3.8) is 0 Å². The van der Waals surface area contributed by atoms with Crippen LogP contribution in [0.3, 0.4) is 0 Å². The number of nitrogens with zero attached hydrogens (tertiary/aromatic N) is 4. The molecule has 0 amide bonds. The van der Waals surface area contributed by atoms with Crippen molar-refractivity contribution in [3.8, 4) is 28.6 Å². The maximum atomic E-state index is 11.4. The Kier molecular flexibility index (Phi) is 3.88. The highest BCUT2D eigenvalue weighted by Crippen LogP contribution is 2.35. The first kappa shape index (κ1) is 17.1. The summed E-state index contributed by atoms with van der Waals surface area (Å²) in [6.07, 6.45) is 0.825. The molecule has 2 aromatic carbocycles. The first-order valence-corrected chi connectivity index (χ1v) is 9.40. The number of nitrogen functional groups attached to an aromatic ring is 1. The highest BCUT2D eigenvalue weighted by Gasteiger charge is 2.32. The average Bonchev–Trinajstić information content (AvgIpc) is 3.07. The Morgan fingerprint density at radius 1 is 1.03 bits per heavy atom. The summed E-state index contributed by atoms with van der Waals surface area (Å²) >= 11 is 0. The highest BCUT2D eigenvalue weighted by atomic mass is 16.1. The smallest absolute Gasteiger partial charge is 0.140 e. The minimum atomic E-state index is -0.0633. The van der Waals surface area contributed by atoms with Crippen LogP contribution < -0.4 is 5.73 Å². The van der Waals surface area contributed by atoms with Crippen LogP contribution in [0.25, 0.3) is 33.4 Å². The summed E-state index contributed by atoms with van der Waals surface area (Å²) in [5.41, 5.74) is 10.6. The number of pyridine rings is 1. The van der Waals surface area contributed by atoms with E-state index in [1.807, 2.05) is 60.7 Å². The second-order valence-electron chi connectivity index (χ2n) is 7.24. The number of carbonyl (C=O) groups is 1. The fourth-order valence-electron chi connectivity index (χ4n) is 3.71. The van der Waals surface area contributed by atoms with Crippen LogP contribution >= 0.6 is 0 Å². The summed E-state index contributed by atoms with van der Waals surface area (Å²) in [6, 6.07) is 21.9. The van der Waals surface area contributed by atoms with E-state index in [2.05, 4.69) is 11.2 Å². The van der Waals surface area contributed by atoms with E-state index in [1.165, 1.54) is 0 Å². The first-order chi connectivity index (χ1) is 14.1. The predicted molar refractivity (Wildman–Crippen MR) is 111 cm³/mol. The van der Waals surface area contributed by atoms with Gasteiger partial charge in [0.05, 0.1) is 17.3 Å². The molecule has 1 fully saturated rings. The zero-order valence-electron chi connectivity index (χ0n) is 15.5. The molecule has 140 valence electrons. The van der Waals surface area contributed by atoms with E-state index in [4.69, 9.17) is 10.7 Å². The second kappa shape index (κ2) is 6.57. The van der Waals surface area contributed by atoms with Gasteiger partial charge in [0, 0.05) is 29.4 Å². The van der Waals surface area contributed by atoms with Crippen molar-refractivity contribution in [3.05, 3.63) is 66.2 Å². The van der Waals surface area contributed by atoms with Gasteiger partial charge in [-0.25, -0.2) is 9.67 Å². The van der Waals surface area contributed by atoms with Gasteiger partial charge in [0.15, 0.2) is 0 Å². The number of benzene rings is 2. The summed E-state index contributed by atoms with van der Waals surface area (Å²) in [4.78, 5) is 16.2. The maximum Gasteiger partial charge on any atom is 0.140 e. The molecule has 4 aromatic rings. The molecule has 0 aliphatic heterocycles. The molecule has 1 saturated carbocycles. The Morgan fingerprint density at radius 2 is 1.79 bits per heavy atom. The van der Waals surface area contributed by atoms with Crippen molar-refractivity contribution >= 4 is 22.5 Å². The van der Waals surface area contributed by atoms with Gasteiger partial charge in [-0.3, -0.25) is 4.79 Å². The third-order valence-corrected chi connectivity index (χ3v) is 5.37. The number of hydrogen-bond acceptors (Lipinski definition) is 5. The van der Waals surface area contributed by atoms with Crippen LogP contribution in [0.4, 0.5) is 5.82 Å². The normalized spacial score (nSPS) is 14.0. The second-order valence-corrected chi connectivity index (χ2v) is 7.24. The minimum absolute atomic E-state index is 0.0633. The van der Waals surface area contributed by atoms with Crippen molar-refractivity contribution in [2.24, 2.45) is 0 Å². The Hall–Kier alpha value is -3.98. The molecule has 2 aromatic heterocycles. The van der Waals surface area contributed by atoms with E-state index in [1.54, 1.807) is 4.68 Å². The first-order valence-electron chi connectivity index (χ1n) is 9.40. The van der Waals surface area contributed by atoms with Crippen LogP contribution in [-0.4, -0.2) is 20.5 Å². The van der Waals surface area contributed by atoms with Crippen LogP contribution in [0.2, 0.25) is 0 Å². The van der Waals surface area contributed by atoms with Gasteiger partial charge in [-0.2, -0.15) is 10.4 Å². The van der Waals surface area contributed by atoms with E-state index in [0.717, 1.165) is 27.7 Å². The van der Waals surface area contributed by atoms with Gasteiger partial charge in [-0.15, -0.1) is 0 Å². The number of rotatable bonds is 3. The monoisotopic (exact) mass is 379 g/mol. The number of Topliss-reactive ketones (excluding diaryl/α,β-unsaturated/α-hetero) is 1. The number of nitriles is 1. The third-order valence-electron chi connectivity index (χ3n) is 5.37. The van der Waals surface area contributed by atoms with Crippen LogP contribution in [-0.2, 0) is 4.79 Å². The van der Waals surface area contributed by atoms with Crippen molar-refractivity contribution in [1.29, 1.82) is 5.26 Å². The lowest BCUT2D eigenvalue weighted by molar-refractivity contribution is -0.126. The van der Waals surface area contributed by atoms with Crippen molar-refractivity contribution < 1.29 is 4.79 Å². The molecular weight excluding hydrogens is 362 g/mol. The summed E-state index contributed by atoms with van der Waals surface area (Å²) in [7, 11) is 0. The number of ketones is 1. The minimum Gasteiger partial charge on any atom is -0.383 e. The lowest BCUT2D eigenvalue weighted by Crippen LogP contribution is -2.28. The highest BCUT2D eigenvalue weighted by molar-refractivity contribution is 5.88. The molecule has 2 N–H and O–H groups in total. The molecule has 29 heavy (non-hydrogen) atoms. The summed E-state index contributed by atoms with van der Waals surface area (Å²) in [5, 5.41) is 15.2. The zero-order chi connectivity index (χ0) is 20.0. The van der Waals surface area contributed by atoms with Crippen LogP contribution in [0, 0.1) is 11.3 Å². The van der Waals surface area contributed by atoms with Gasteiger partial charge < -0.3 is 5.73 Å². The Labute approximate surface area is 167 Å². The lowest BCUT2D eigenvalue weighted by atomic mass is 9.91. The third kappa shape index (κ3) is 2.84. The van der Waals surface area contributed by atoms with Crippen LogP contribution in [0.5, 0.6) is 0 Å². The number of nitrogens with two attached hydrogens (primary N) is 1. The summed E-state index contributed by atoms with van der Waals surface area (Å²) in [6.45, 7) is 0. The maximum absolute atomic E-state index is 11.4. The lowest BCUT2D eigenvalue weighted by Gasteiger charge is -2.25. The van der Waals surface area contributed by atoms with Gasteiger partial charge in [0.1, 0.15) is 28.9 Å². The van der Waals surface area contributed by atoms with Gasteiger partial charge in [0.2, 0.25) is 0 Å². The van der Waals surface area contributed by atoms with Crippen LogP contribution in [0.1, 0.15) is 24.4 Å². The van der Waals surface area contributed by atoms with Crippen LogP contribution in [0.15, 0.2) is 60.7 Å². The number of anilines is 1. The Morgan fingerprint density at radius 3 is 2.52 bits per heavy atom. The molecular formula is C23H17N5O. The molecule has 1 aliphatic rings. The quantitative estimate of drug-likeness (QED) is 0.577. The molecule has 2 heterocycles. The molecule has 5 rings (SSSR count). The SMILES string of the molecule is N#Cc1c(-c2ccc3ccc(-c4ccccc4)nc3c2)nn(C2CC(=O)C2)c1N. The van der Waals surface area contributed by atoms with E-state index >= 15 is 0 Å². The molecule has 0 atom stereocenters. The van der Waals surface area contributed by atoms with Gasteiger partial charge in [-0.1, -0.05) is 48.5 Å². The Bertz CT molecular complexity index is 1290. The predicted octanol–water partition coefficient (Wildman–Crippen LogP) is 4.12. The Balaban J connectivity index is 1.61. The van der Waals surface area contributed by atoms with Gasteiger partial charge in [-0.05, 0) is 12.1 Å². The topological polar surface area (TPSA) is 97.6 Å². The van der Waals surface area contributed by atoms with Gasteiger partial charge in [0.25, 0.3) is 0 Å². The number of hydrogen-bond donors (Lipinski definition) is 1. The van der Waals surface area contributed by atoms with E-state index in [9.17, 15) is 10.1 Å². The molecule has 1 aliphatic carbocycles. The molecule has 0 saturated heterocycles. The van der Waals surface area contributed by atoms with E-state index < -0.39 is 0 Å². The molecule has 6 heteroatoms. The molecule has 0 bridgehead atoms.